The molecule has 1 aromatic heterocycles. The molecule has 0 radical (unpaired) electrons. The molecule has 0 saturated carbocycles. The molecule has 1 fully saturated rings. The van der Waals surface area contributed by atoms with Crippen LogP contribution < -0.4 is 10.2 Å². The van der Waals surface area contributed by atoms with Crippen molar-refractivity contribution in [2.45, 2.75) is 39.7 Å². The minimum absolute atomic E-state index is 0.0321. The van der Waals surface area contributed by atoms with Crippen LogP contribution in [-0.2, 0) is 29.0 Å². The zero-order valence-electron chi connectivity index (χ0n) is 15.4. The average molecular weight is 351 g/mol. The Labute approximate surface area is 154 Å². The van der Waals surface area contributed by atoms with Crippen LogP contribution in [0.3, 0.4) is 0 Å². The average Bonchev–Trinajstić information content (AvgIpc) is 3.07. The Morgan fingerprint density at radius 2 is 1.81 bits per heavy atom. The molecule has 1 aliphatic heterocycles. The number of pyridine rings is 1. The van der Waals surface area contributed by atoms with Crippen molar-refractivity contribution in [3.63, 3.8) is 0 Å². The predicted octanol–water partition coefficient (Wildman–Crippen LogP) is 2.88. The summed E-state index contributed by atoms with van der Waals surface area (Å²) < 4.78 is 0. The van der Waals surface area contributed by atoms with Crippen LogP contribution in [-0.4, -0.2) is 23.3 Å². The summed E-state index contributed by atoms with van der Waals surface area (Å²) in [5, 5.41) is 2.95. The van der Waals surface area contributed by atoms with Crippen molar-refractivity contribution < 1.29 is 9.59 Å². The number of rotatable bonds is 6. The molecule has 2 amide bonds. The fraction of sp³-hybridized carbons (Fsp3) is 0.381. The lowest BCUT2D eigenvalue weighted by molar-refractivity contribution is -0.126. The van der Waals surface area contributed by atoms with E-state index in [1.807, 2.05) is 23.1 Å². The van der Waals surface area contributed by atoms with E-state index in [1.54, 1.807) is 12.4 Å². The van der Waals surface area contributed by atoms with E-state index >= 15 is 0 Å². The van der Waals surface area contributed by atoms with Gasteiger partial charge in [0.05, 0.1) is 5.92 Å². The van der Waals surface area contributed by atoms with Gasteiger partial charge in [-0.1, -0.05) is 32.0 Å². The lowest BCUT2D eigenvalue weighted by Crippen LogP contribution is -2.33. The Morgan fingerprint density at radius 3 is 2.42 bits per heavy atom. The quantitative estimate of drug-likeness (QED) is 0.870. The lowest BCUT2D eigenvalue weighted by Gasteiger charge is -2.23. The number of aromatic nitrogens is 1. The maximum atomic E-state index is 12.6. The third-order valence-electron chi connectivity index (χ3n) is 4.95. The molecule has 0 bridgehead atoms. The van der Waals surface area contributed by atoms with Gasteiger partial charge in [0, 0.05) is 37.6 Å². The third-order valence-corrected chi connectivity index (χ3v) is 4.95. The molecule has 26 heavy (non-hydrogen) atoms. The Hall–Kier alpha value is -2.69. The van der Waals surface area contributed by atoms with E-state index in [-0.39, 0.29) is 24.2 Å². The molecule has 1 unspecified atom stereocenters. The van der Waals surface area contributed by atoms with Crippen molar-refractivity contribution in [2.24, 2.45) is 5.92 Å². The SMILES string of the molecule is CCc1cccc(CC)c1N1CC(C(=O)NCc2ccncc2)CC1=O. The first-order valence-corrected chi connectivity index (χ1v) is 9.21. The number of hydrogen-bond donors (Lipinski definition) is 1. The van der Waals surface area contributed by atoms with Gasteiger partial charge in [0.1, 0.15) is 0 Å². The van der Waals surface area contributed by atoms with Crippen LogP contribution >= 0.6 is 0 Å². The van der Waals surface area contributed by atoms with Crippen LogP contribution in [0.4, 0.5) is 5.69 Å². The van der Waals surface area contributed by atoms with Crippen LogP contribution in [0.5, 0.6) is 0 Å². The van der Waals surface area contributed by atoms with Crippen molar-refractivity contribution >= 4 is 17.5 Å². The molecule has 1 N–H and O–H groups in total. The first-order valence-electron chi connectivity index (χ1n) is 9.21. The minimum Gasteiger partial charge on any atom is -0.352 e. The smallest absolute Gasteiger partial charge is 0.227 e. The minimum atomic E-state index is -0.307. The fourth-order valence-corrected chi connectivity index (χ4v) is 3.50. The number of aryl methyl sites for hydroxylation is 2. The van der Waals surface area contributed by atoms with E-state index in [2.05, 4.69) is 36.3 Å². The molecule has 1 aliphatic rings. The number of para-hydroxylation sites is 1. The summed E-state index contributed by atoms with van der Waals surface area (Å²) in [5.74, 6) is -0.340. The molecule has 3 rings (SSSR count). The van der Waals surface area contributed by atoms with Gasteiger partial charge in [-0.15, -0.1) is 0 Å². The van der Waals surface area contributed by atoms with Crippen LogP contribution in [0.2, 0.25) is 0 Å². The Bertz CT molecular complexity index is 767. The zero-order valence-corrected chi connectivity index (χ0v) is 15.4. The number of hydrogen-bond acceptors (Lipinski definition) is 3. The van der Waals surface area contributed by atoms with Gasteiger partial charge in [0.25, 0.3) is 0 Å². The van der Waals surface area contributed by atoms with Crippen molar-refractivity contribution in [1.29, 1.82) is 0 Å². The summed E-state index contributed by atoms with van der Waals surface area (Å²) in [6, 6.07) is 9.92. The molecule has 0 aliphatic carbocycles. The molecule has 5 nitrogen and oxygen atoms in total. The van der Waals surface area contributed by atoms with Gasteiger partial charge in [-0.3, -0.25) is 14.6 Å². The van der Waals surface area contributed by atoms with Crippen LogP contribution in [0.25, 0.3) is 0 Å². The van der Waals surface area contributed by atoms with E-state index in [0.717, 1.165) is 35.2 Å². The van der Waals surface area contributed by atoms with Gasteiger partial charge in [-0.2, -0.15) is 0 Å². The summed E-state index contributed by atoms with van der Waals surface area (Å²) in [7, 11) is 0. The highest BCUT2D eigenvalue weighted by Gasteiger charge is 2.36. The maximum Gasteiger partial charge on any atom is 0.227 e. The summed E-state index contributed by atoms with van der Waals surface area (Å²) in [6.07, 6.45) is 5.41. The van der Waals surface area contributed by atoms with E-state index < -0.39 is 0 Å². The normalized spacial score (nSPS) is 16.8. The number of benzene rings is 1. The molecule has 2 aromatic rings. The highest BCUT2D eigenvalue weighted by molar-refractivity contribution is 6.01. The van der Waals surface area contributed by atoms with Gasteiger partial charge < -0.3 is 10.2 Å². The highest BCUT2D eigenvalue weighted by Crippen LogP contribution is 2.32. The van der Waals surface area contributed by atoms with E-state index in [4.69, 9.17) is 0 Å². The molecular formula is C21H25N3O2. The molecule has 0 spiro atoms. The number of carbonyl (C=O) groups excluding carboxylic acids is 2. The third kappa shape index (κ3) is 3.77. The summed E-state index contributed by atoms with van der Waals surface area (Å²) >= 11 is 0. The standard InChI is InChI=1S/C21H25N3O2/c1-3-16-6-5-7-17(4-2)20(16)24-14-18(12-19(24)25)21(26)23-13-15-8-10-22-11-9-15/h5-11,18H,3-4,12-14H2,1-2H3,(H,23,26). The van der Waals surface area contributed by atoms with Crippen LogP contribution in [0.1, 0.15) is 37.0 Å². The number of anilines is 1. The van der Waals surface area contributed by atoms with Crippen LogP contribution in [0, 0.1) is 5.92 Å². The second-order valence-electron chi connectivity index (χ2n) is 6.61. The topological polar surface area (TPSA) is 62.3 Å². The van der Waals surface area contributed by atoms with E-state index in [1.165, 1.54) is 0 Å². The fourth-order valence-electron chi connectivity index (χ4n) is 3.50. The second-order valence-corrected chi connectivity index (χ2v) is 6.61. The Balaban J connectivity index is 1.72. The Kier molecular flexibility index (Phi) is 5.66. The van der Waals surface area contributed by atoms with Crippen molar-refractivity contribution in [1.82, 2.24) is 10.3 Å². The first kappa shape index (κ1) is 18.1. The highest BCUT2D eigenvalue weighted by atomic mass is 16.2. The van der Waals surface area contributed by atoms with Crippen molar-refractivity contribution in [3.05, 3.63) is 59.4 Å². The number of nitrogens with one attached hydrogen (secondary N) is 1. The second kappa shape index (κ2) is 8.13. The maximum absolute atomic E-state index is 12.6. The summed E-state index contributed by atoms with van der Waals surface area (Å²) in [4.78, 5) is 31.0. The molecule has 1 aromatic carbocycles. The lowest BCUT2D eigenvalue weighted by atomic mass is 10.0. The van der Waals surface area contributed by atoms with E-state index in [0.29, 0.717) is 13.1 Å². The first-order chi connectivity index (χ1) is 12.6. The molecule has 5 heteroatoms. The van der Waals surface area contributed by atoms with Crippen LogP contribution in [0.15, 0.2) is 42.7 Å². The molecule has 1 saturated heterocycles. The molecular weight excluding hydrogens is 326 g/mol. The Morgan fingerprint density at radius 1 is 1.15 bits per heavy atom. The van der Waals surface area contributed by atoms with Gasteiger partial charge in [0.2, 0.25) is 11.8 Å². The molecule has 136 valence electrons. The van der Waals surface area contributed by atoms with E-state index in [9.17, 15) is 9.59 Å². The van der Waals surface area contributed by atoms with Gasteiger partial charge >= 0.3 is 0 Å². The number of carbonyl (C=O) groups is 2. The van der Waals surface area contributed by atoms with Gasteiger partial charge in [0.15, 0.2) is 0 Å². The summed E-state index contributed by atoms with van der Waals surface area (Å²) in [6.45, 7) is 5.10. The van der Waals surface area contributed by atoms with Gasteiger partial charge in [-0.25, -0.2) is 0 Å². The largest absolute Gasteiger partial charge is 0.352 e. The van der Waals surface area contributed by atoms with Gasteiger partial charge in [-0.05, 0) is 41.7 Å². The molecule has 1 atom stereocenters. The predicted molar refractivity (Wildman–Crippen MR) is 102 cm³/mol. The summed E-state index contributed by atoms with van der Waals surface area (Å²) in [5.41, 5.74) is 4.33. The van der Waals surface area contributed by atoms with Crippen molar-refractivity contribution in [3.8, 4) is 0 Å². The molecule has 2 heterocycles. The monoisotopic (exact) mass is 351 g/mol. The zero-order chi connectivity index (χ0) is 18.5. The number of nitrogens with zero attached hydrogens (tertiary/aromatic N) is 2. The van der Waals surface area contributed by atoms with Crippen molar-refractivity contribution in [2.75, 3.05) is 11.4 Å². The number of amides is 2.